The zero-order chi connectivity index (χ0) is 11.2. The van der Waals surface area contributed by atoms with E-state index in [9.17, 15) is 0 Å². The van der Waals surface area contributed by atoms with Crippen LogP contribution in [0.3, 0.4) is 0 Å². The Balaban J connectivity index is 1.77. The van der Waals surface area contributed by atoms with Crippen molar-refractivity contribution in [1.29, 1.82) is 0 Å². The maximum Gasteiger partial charge on any atom is 0.119 e. The number of nitrogens with zero attached hydrogens (tertiary/aromatic N) is 1. The van der Waals surface area contributed by atoms with Gasteiger partial charge < -0.3 is 9.64 Å². The number of rotatable bonds is 4. The molecule has 1 aromatic carbocycles. The topological polar surface area (TPSA) is 12.5 Å². The Morgan fingerprint density at radius 1 is 1.31 bits per heavy atom. The Morgan fingerprint density at radius 3 is 2.88 bits per heavy atom. The first-order chi connectivity index (χ1) is 7.88. The zero-order valence-electron chi connectivity index (χ0n) is 10.1. The largest absolute Gasteiger partial charge is 0.493 e. The minimum Gasteiger partial charge on any atom is -0.493 e. The van der Waals surface area contributed by atoms with Crippen molar-refractivity contribution in [2.45, 2.75) is 19.8 Å². The van der Waals surface area contributed by atoms with Gasteiger partial charge in [-0.25, -0.2) is 0 Å². The summed E-state index contributed by atoms with van der Waals surface area (Å²) in [6.07, 6.45) is 2.62. The molecule has 1 unspecified atom stereocenters. The molecule has 0 aromatic heterocycles. The van der Waals surface area contributed by atoms with Gasteiger partial charge in [-0.2, -0.15) is 0 Å². The van der Waals surface area contributed by atoms with E-state index in [0.29, 0.717) is 5.92 Å². The van der Waals surface area contributed by atoms with Crippen LogP contribution < -0.4 is 4.74 Å². The van der Waals surface area contributed by atoms with Gasteiger partial charge >= 0.3 is 0 Å². The molecule has 0 N–H and O–H groups in total. The molecule has 1 heterocycles. The summed E-state index contributed by atoms with van der Waals surface area (Å²) >= 11 is 0. The highest BCUT2D eigenvalue weighted by Crippen LogP contribution is 2.18. The quantitative estimate of drug-likeness (QED) is 0.772. The second-order valence-corrected chi connectivity index (χ2v) is 4.53. The van der Waals surface area contributed by atoms with Crippen LogP contribution in [0.4, 0.5) is 0 Å². The van der Waals surface area contributed by atoms with Crippen molar-refractivity contribution in [3.05, 3.63) is 30.3 Å². The van der Waals surface area contributed by atoms with Gasteiger partial charge in [0.2, 0.25) is 0 Å². The predicted octanol–water partition coefficient (Wildman–Crippen LogP) is 2.80. The molecule has 1 aliphatic rings. The van der Waals surface area contributed by atoms with Crippen LogP contribution in [-0.2, 0) is 0 Å². The van der Waals surface area contributed by atoms with Gasteiger partial charge in [0.05, 0.1) is 6.61 Å². The fourth-order valence-corrected chi connectivity index (χ4v) is 2.31. The highest BCUT2D eigenvalue weighted by atomic mass is 16.5. The van der Waals surface area contributed by atoms with Crippen molar-refractivity contribution in [2.24, 2.45) is 5.92 Å². The average molecular weight is 219 g/mol. The summed E-state index contributed by atoms with van der Waals surface area (Å²) in [6.45, 7) is 6.73. The molecule has 1 fully saturated rings. The summed E-state index contributed by atoms with van der Waals surface area (Å²) in [6, 6.07) is 10.1. The second-order valence-electron chi connectivity index (χ2n) is 4.53. The fourth-order valence-electron chi connectivity index (χ4n) is 2.31. The molecule has 0 radical (unpaired) electrons. The molecular formula is C14H21NO. The van der Waals surface area contributed by atoms with E-state index in [0.717, 1.165) is 12.4 Å². The third kappa shape index (κ3) is 3.24. The highest BCUT2D eigenvalue weighted by molar-refractivity contribution is 5.20. The Morgan fingerprint density at radius 2 is 2.12 bits per heavy atom. The summed E-state index contributed by atoms with van der Waals surface area (Å²) in [7, 11) is 0. The van der Waals surface area contributed by atoms with Crippen LogP contribution in [0.25, 0.3) is 0 Å². The van der Waals surface area contributed by atoms with Gasteiger partial charge in [-0.05, 0) is 38.1 Å². The van der Waals surface area contributed by atoms with Gasteiger partial charge in [0.1, 0.15) is 5.75 Å². The molecule has 1 atom stereocenters. The summed E-state index contributed by atoms with van der Waals surface area (Å²) in [4.78, 5) is 2.52. The summed E-state index contributed by atoms with van der Waals surface area (Å²) < 4.78 is 5.81. The van der Waals surface area contributed by atoms with Gasteiger partial charge in [-0.15, -0.1) is 0 Å². The van der Waals surface area contributed by atoms with Crippen molar-refractivity contribution >= 4 is 0 Å². The van der Waals surface area contributed by atoms with Crippen molar-refractivity contribution in [3.63, 3.8) is 0 Å². The lowest BCUT2D eigenvalue weighted by Crippen LogP contribution is -2.37. The normalized spacial score (nSPS) is 21.9. The number of para-hydroxylation sites is 1. The molecule has 1 aliphatic heterocycles. The van der Waals surface area contributed by atoms with E-state index in [4.69, 9.17) is 4.74 Å². The van der Waals surface area contributed by atoms with Crippen molar-refractivity contribution in [1.82, 2.24) is 4.90 Å². The third-order valence-corrected chi connectivity index (χ3v) is 3.28. The lowest BCUT2D eigenvalue weighted by molar-refractivity contribution is 0.135. The first-order valence-electron chi connectivity index (χ1n) is 6.28. The molecule has 0 aliphatic carbocycles. The molecule has 0 spiro atoms. The lowest BCUT2D eigenvalue weighted by Gasteiger charge is -2.31. The molecule has 0 bridgehead atoms. The fraction of sp³-hybridized carbons (Fsp3) is 0.571. The SMILES string of the molecule is CCN1CCCC(COc2ccccc2)C1. The summed E-state index contributed by atoms with van der Waals surface area (Å²) in [5.41, 5.74) is 0. The molecule has 2 nitrogen and oxygen atoms in total. The molecule has 2 rings (SSSR count). The molecule has 16 heavy (non-hydrogen) atoms. The monoisotopic (exact) mass is 219 g/mol. The first kappa shape index (κ1) is 11.5. The van der Waals surface area contributed by atoms with Gasteiger partial charge in [0.25, 0.3) is 0 Å². The van der Waals surface area contributed by atoms with Crippen LogP contribution in [0.2, 0.25) is 0 Å². The Labute approximate surface area is 98.2 Å². The van der Waals surface area contributed by atoms with Crippen LogP contribution >= 0.6 is 0 Å². The maximum atomic E-state index is 5.81. The van der Waals surface area contributed by atoms with Crippen molar-refractivity contribution < 1.29 is 4.74 Å². The van der Waals surface area contributed by atoms with Gasteiger partial charge in [0.15, 0.2) is 0 Å². The number of piperidine rings is 1. The molecule has 88 valence electrons. The zero-order valence-corrected chi connectivity index (χ0v) is 10.1. The van der Waals surface area contributed by atoms with Crippen LogP contribution in [0.15, 0.2) is 30.3 Å². The minimum atomic E-state index is 0.703. The van der Waals surface area contributed by atoms with Gasteiger partial charge in [0, 0.05) is 12.5 Å². The van der Waals surface area contributed by atoms with E-state index in [1.54, 1.807) is 0 Å². The van der Waals surface area contributed by atoms with Crippen LogP contribution in [0, 0.1) is 5.92 Å². The smallest absolute Gasteiger partial charge is 0.119 e. The van der Waals surface area contributed by atoms with Crippen LogP contribution in [0.1, 0.15) is 19.8 Å². The average Bonchev–Trinajstić information content (AvgIpc) is 2.38. The van der Waals surface area contributed by atoms with Crippen LogP contribution in [-0.4, -0.2) is 31.1 Å². The van der Waals surface area contributed by atoms with Crippen LogP contribution in [0.5, 0.6) is 5.75 Å². The second kappa shape index (κ2) is 5.90. The lowest BCUT2D eigenvalue weighted by atomic mass is 9.99. The molecule has 2 heteroatoms. The van der Waals surface area contributed by atoms with E-state index >= 15 is 0 Å². The first-order valence-corrected chi connectivity index (χ1v) is 6.28. The number of hydrogen-bond acceptors (Lipinski definition) is 2. The van der Waals surface area contributed by atoms with Crippen molar-refractivity contribution in [3.8, 4) is 5.75 Å². The number of likely N-dealkylation sites (tertiary alicyclic amines) is 1. The summed E-state index contributed by atoms with van der Waals surface area (Å²) in [5, 5.41) is 0. The number of benzene rings is 1. The molecule has 0 amide bonds. The van der Waals surface area contributed by atoms with Crippen molar-refractivity contribution in [2.75, 3.05) is 26.2 Å². The van der Waals surface area contributed by atoms with E-state index < -0.39 is 0 Å². The van der Waals surface area contributed by atoms with E-state index in [-0.39, 0.29) is 0 Å². The Hall–Kier alpha value is -1.02. The standard InChI is InChI=1S/C14H21NO/c1-2-15-10-6-7-13(11-15)12-16-14-8-4-3-5-9-14/h3-5,8-9,13H,2,6-7,10-12H2,1H3. The highest BCUT2D eigenvalue weighted by Gasteiger charge is 2.18. The predicted molar refractivity (Wildman–Crippen MR) is 66.8 cm³/mol. The van der Waals surface area contributed by atoms with Gasteiger partial charge in [-0.3, -0.25) is 0 Å². The number of hydrogen-bond donors (Lipinski definition) is 0. The summed E-state index contributed by atoms with van der Waals surface area (Å²) in [5.74, 6) is 1.70. The number of ether oxygens (including phenoxy) is 1. The third-order valence-electron chi connectivity index (χ3n) is 3.28. The maximum absolute atomic E-state index is 5.81. The molecule has 1 aromatic rings. The van der Waals surface area contributed by atoms with E-state index in [1.807, 2.05) is 30.3 Å². The molecule has 0 saturated carbocycles. The van der Waals surface area contributed by atoms with E-state index in [1.165, 1.54) is 32.5 Å². The molecular weight excluding hydrogens is 198 g/mol. The van der Waals surface area contributed by atoms with Gasteiger partial charge in [-0.1, -0.05) is 25.1 Å². The Bertz CT molecular complexity index is 299. The Kier molecular flexibility index (Phi) is 4.23. The molecule has 1 saturated heterocycles. The van der Waals surface area contributed by atoms with E-state index in [2.05, 4.69) is 11.8 Å². The minimum absolute atomic E-state index is 0.703.